The lowest BCUT2D eigenvalue weighted by Crippen LogP contribution is -2.43. The van der Waals surface area contributed by atoms with Gasteiger partial charge in [0.05, 0.1) is 5.60 Å². The fourth-order valence-electron chi connectivity index (χ4n) is 3.55. The number of aliphatic hydroxyl groups is 1. The molecule has 1 fully saturated rings. The van der Waals surface area contributed by atoms with Gasteiger partial charge in [0.1, 0.15) is 5.82 Å². The highest BCUT2D eigenvalue weighted by molar-refractivity contribution is 6.31. The Bertz CT molecular complexity index is 940. The number of halogens is 1. The average Bonchev–Trinajstić information content (AvgIpc) is 2.69. The predicted molar refractivity (Wildman–Crippen MR) is 107 cm³/mol. The first-order valence-corrected chi connectivity index (χ1v) is 9.41. The average molecular weight is 381 g/mol. The molecule has 1 aliphatic rings. The molecule has 0 spiro atoms. The van der Waals surface area contributed by atoms with Gasteiger partial charge in [0.2, 0.25) is 0 Å². The maximum atomic E-state index is 11.1. The van der Waals surface area contributed by atoms with E-state index in [-0.39, 0.29) is 0 Å². The van der Waals surface area contributed by atoms with Crippen LogP contribution in [0.5, 0.6) is 0 Å². The van der Waals surface area contributed by atoms with Gasteiger partial charge in [-0.15, -0.1) is 0 Å². The van der Waals surface area contributed by atoms with Crippen molar-refractivity contribution >= 4 is 17.4 Å². The molecule has 1 aromatic carbocycles. The maximum absolute atomic E-state index is 11.1. The van der Waals surface area contributed by atoms with E-state index >= 15 is 0 Å². The number of benzene rings is 1. The van der Waals surface area contributed by atoms with E-state index in [4.69, 9.17) is 16.6 Å². The summed E-state index contributed by atoms with van der Waals surface area (Å²) in [6, 6.07) is 13.4. The molecular weight excluding hydrogens is 360 g/mol. The van der Waals surface area contributed by atoms with Crippen LogP contribution in [0.3, 0.4) is 0 Å². The van der Waals surface area contributed by atoms with E-state index in [0.29, 0.717) is 36.8 Å². The second-order valence-electron chi connectivity index (χ2n) is 6.93. The molecule has 0 atom stereocenters. The minimum absolute atomic E-state index is 0.599. The smallest absolute Gasteiger partial charge is 0.163 e. The normalized spacial score (nSPS) is 16.3. The molecule has 1 saturated heterocycles. The molecule has 138 valence electrons. The first-order chi connectivity index (χ1) is 13.0. The van der Waals surface area contributed by atoms with Crippen LogP contribution in [0.1, 0.15) is 24.1 Å². The van der Waals surface area contributed by atoms with Gasteiger partial charge in [-0.1, -0.05) is 29.8 Å². The number of nitrogens with zero attached hydrogens (tertiary/aromatic N) is 4. The topological polar surface area (TPSA) is 62.1 Å². The van der Waals surface area contributed by atoms with Gasteiger partial charge in [0, 0.05) is 53.4 Å². The highest BCUT2D eigenvalue weighted by atomic mass is 35.5. The molecule has 5 nitrogen and oxygen atoms in total. The Morgan fingerprint density at radius 1 is 1.07 bits per heavy atom. The summed E-state index contributed by atoms with van der Waals surface area (Å²) in [4.78, 5) is 15.6. The molecule has 0 bridgehead atoms. The van der Waals surface area contributed by atoms with Gasteiger partial charge in [-0.3, -0.25) is 4.98 Å². The second-order valence-corrected chi connectivity index (χ2v) is 7.34. The minimum Gasteiger partial charge on any atom is -0.385 e. The molecule has 3 heterocycles. The van der Waals surface area contributed by atoms with Crippen LogP contribution in [-0.2, 0) is 5.60 Å². The maximum Gasteiger partial charge on any atom is 0.163 e. The molecule has 3 aromatic rings. The zero-order valence-corrected chi connectivity index (χ0v) is 15.9. The van der Waals surface area contributed by atoms with E-state index < -0.39 is 5.60 Å². The van der Waals surface area contributed by atoms with Crippen LogP contribution in [0.25, 0.3) is 11.4 Å². The van der Waals surface area contributed by atoms with E-state index in [1.807, 2.05) is 49.4 Å². The summed E-state index contributed by atoms with van der Waals surface area (Å²) in [6.45, 7) is 3.37. The van der Waals surface area contributed by atoms with Gasteiger partial charge < -0.3 is 10.0 Å². The lowest BCUT2D eigenvalue weighted by Gasteiger charge is -2.39. The Hall–Kier alpha value is -2.50. The van der Waals surface area contributed by atoms with Crippen molar-refractivity contribution in [1.82, 2.24) is 15.0 Å². The summed E-state index contributed by atoms with van der Waals surface area (Å²) < 4.78 is 0. The first kappa shape index (κ1) is 17.9. The molecule has 6 heteroatoms. The SMILES string of the molecule is Cc1cc(N2CCC(O)(c3ccccc3Cl)CC2)nc(-c2cccnc2)n1. The van der Waals surface area contributed by atoms with Crippen molar-refractivity contribution in [3.05, 3.63) is 71.1 Å². The van der Waals surface area contributed by atoms with E-state index in [1.54, 1.807) is 12.4 Å². The number of aromatic nitrogens is 3. The zero-order chi connectivity index (χ0) is 18.9. The Balaban J connectivity index is 1.57. The van der Waals surface area contributed by atoms with E-state index in [1.165, 1.54) is 0 Å². The Morgan fingerprint density at radius 2 is 1.85 bits per heavy atom. The molecule has 2 aromatic heterocycles. The van der Waals surface area contributed by atoms with Crippen LogP contribution in [-0.4, -0.2) is 33.1 Å². The number of piperidine rings is 1. The van der Waals surface area contributed by atoms with E-state index in [9.17, 15) is 5.11 Å². The zero-order valence-electron chi connectivity index (χ0n) is 15.1. The van der Waals surface area contributed by atoms with Crippen LogP contribution >= 0.6 is 11.6 Å². The van der Waals surface area contributed by atoms with Gasteiger partial charge in [-0.2, -0.15) is 0 Å². The molecule has 0 aliphatic carbocycles. The van der Waals surface area contributed by atoms with Crippen molar-refractivity contribution in [3.8, 4) is 11.4 Å². The van der Waals surface area contributed by atoms with E-state index in [0.717, 1.165) is 22.6 Å². The summed E-state index contributed by atoms with van der Waals surface area (Å²) in [5, 5.41) is 11.7. The summed E-state index contributed by atoms with van der Waals surface area (Å²) in [6.07, 6.45) is 4.70. The fraction of sp³-hybridized carbons (Fsp3) is 0.286. The summed E-state index contributed by atoms with van der Waals surface area (Å²) in [5.74, 6) is 1.55. The fourth-order valence-corrected chi connectivity index (χ4v) is 3.86. The van der Waals surface area contributed by atoms with Crippen LogP contribution in [0.15, 0.2) is 54.9 Å². The van der Waals surface area contributed by atoms with Gasteiger partial charge in [-0.05, 0) is 38.0 Å². The second kappa shape index (κ2) is 7.25. The number of hydrogen-bond donors (Lipinski definition) is 1. The van der Waals surface area contributed by atoms with Crippen molar-refractivity contribution in [3.63, 3.8) is 0 Å². The van der Waals surface area contributed by atoms with Crippen molar-refractivity contribution in [2.45, 2.75) is 25.4 Å². The predicted octanol–water partition coefficient (Wildman–Crippen LogP) is 3.99. The highest BCUT2D eigenvalue weighted by Crippen LogP contribution is 2.37. The summed E-state index contributed by atoms with van der Waals surface area (Å²) >= 11 is 6.31. The number of hydrogen-bond acceptors (Lipinski definition) is 5. The number of anilines is 1. The number of pyridine rings is 1. The van der Waals surface area contributed by atoms with Crippen molar-refractivity contribution < 1.29 is 5.11 Å². The molecule has 0 saturated carbocycles. The van der Waals surface area contributed by atoms with Crippen molar-refractivity contribution in [2.75, 3.05) is 18.0 Å². The van der Waals surface area contributed by atoms with Gasteiger partial charge in [-0.25, -0.2) is 9.97 Å². The number of rotatable bonds is 3. The summed E-state index contributed by atoms with van der Waals surface area (Å²) in [5.41, 5.74) is 1.71. The quantitative estimate of drug-likeness (QED) is 0.744. The van der Waals surface area contributed by atoms with Gasteiger partial charge >= 0.3 is 0 Å². The van der Waals surface area contributed by atoms with Crippen LogP contribution in [0.4, 0.5) is 5.82 Å². The van der Waals surface area contributed by atoms with Crippen molar-refractivity contribution in [2.24, 2.45) is 0 Å². The highest BCUT2D eigenvalue weighted by Gasteiger charge is 2.35. The molecule has 0 radical (unpaired) electrons. The third-order valence-corrected chi connectivity index (χ3v) is 5.38. The van der Waals surface area contributed by atoms with Crippen molar-refractivity contribution in [1.29, 1.82) is 0 Å². The minimum atomic E-state index is -0.900. The molecule has 1 aliphatic heterocycles. The lowest BCUT2D eigenvalue weighted by atomic mass is 9.84. The molecule has 27 heavy (non-hydrogen) atoms. The lowest BCUT2D eigenvalue weighted by molar-refractivity contribution is 0.0117. The Morgan fingerprint density at radius 3 is 2.56 bits per heavy atom. The Labute approximate surface area is 163 Å². The largest absolute Gasteiger partial charge is 0.385 e. The summed E-state index contributed by atoms with van der Waals surface area (Å²) in [7, 11) is 0. The van der Waals surface area contributed by atoms with Crippen LogP contribution < -0.4 is 4.90 Å². The van der Waals surface area contributed by atoms with Crippen LogP contribution in [0.2, 0.25) is 5.02 Å². The monoisotopic (exact) mass is 380 g/mol. The van der Waals surface area contributed by atoms with E-state index in [2.05, 4.69) is 14.9 Å². The van der Waals surface area contributed by atoms with Gasteiger partial charge in [0.15, 0.2) is 5.82 Å². The molecule has 0 unspecified atom stereocenters. The van der Waals surface area contributed by atoms with Crippen LogP contribution in [0, 0.1) is 6.92 Å². The third kappa shape index (κ3) is 3.66. The molecular formula is C21H21ClN4O. The number of aryl methyl sites for hydroxylation is 1. The van der Waals surface area contributed by atoms with Gasteiger partial charge in [0.25, 0.3) is 0 Å². The molecule has 1 N–H and O–H groups in total. The third-order valence-electron chi connectivity index (χ3n) is 5.05. The molecule has 4 rings (SSSR count). The first-order valence-electron chi connectivity index (χ1n) is 9.04. The molecule has 0 amide bonds. The Kier molecular flexibility index (Phi) is 4.81. The standard InChI is InChI=1S/C21H21ClN4O/c1-15-13-19(25-20(24-15)16-5-4-10-23-14-16)26-11-8-21(27,9-12-26)17-6-2-3-7-18(17)22/h2-7,10,13-14,27H,8-9,11-12H2,1H3.